The van der Waals surface area contributed by atoms with Crippen molar-refractivity contribution in [2.45, 2.75) is 6.42 Å². The standard InChI is InChI=1S/C4H5NOS/c6-3-1-2-5-4-7/h3H,1-2H2. The van der Waals surface area contributed by atoms with Gasteiger partial charge in [-0.3, -0.25) is 0 Å². The molecule has 0 atom stereocenters. The Hall–Kier alpha value is -0.530. The van der Waals surface area contributed by atoms with E-state index in [0.717, 1.165) is 6.29 Å². The van der Waals surface area contributed by atoms with Gasteiger partial charge in [-0.05, 0) is 12.2 Å². The van der Waals surface area contributed by atoms with Crippen LogP contribution in [0.5, 0.6) is 0 Å². The van der Waals surface area contributed by atoms with E-state index in [1.54, 1.807) is 0 Å². The van der Waals surface area contributed by atoms with Crippen LogP contribution in [0.4, 0.5) is 0 Å². The van der Waals surface area contributed by atoms with Crippen molar-refractivity contribution in [2.24, 2.45) is 4.99 Å². The van der Waals surface area contributed by atoms with E-state index in [-0.39, 0.29) is 0 Å². The Kier molecular flexibility index (Phi) is 5.06. The summed E-state index contributed by atoms with van der Waals surface area (Å²) in [6, 6.07) is 0. The van der Waals surface area contributed by atoms with Crippen molar-refractivity contribution in [3.63, 3.8) is 0 Å². The number of hydrogen-bond donors (Lipinski definition) is 0. The van der Waals surface area contributed by atoms with Gasteiger partial charge in [-0.25, -0.2) is 4.99 Å². The van der Waals surface area contributed by atoms with Crippen LogP contribution in [0.2, 0.25) is 0 Å². The van der Waals surface area contributed by atoms with Crippen LogP contribution in [0.1, 0.15) is 6.42 Å². The Balaban J connectivity index is 2.97. The molecule has 7 heavy (non-hydrogen) atoms. The number of carbonyl (C=O) groups excluding carboxylic acids is 1. The Labute approximate surface area is 47.2 Å². The van der Waals surface area contributed by atoms with Gasteiger partial charge < -0.3 is 4.79 Å². The van der Waals surface area contributed by atoms with E-state index in [1.807, 2.05) is 0 Å². The van der Waals surface area contributed by atoms with Crippen LogP contribution in [0, 0.1) is 0 Å². The third-order valence-electron chi connectivity index (χ3n) is 0.423. The minimum Gasteiger partial charge on any atom is -0.303 e. The second-order valence-corrected chi connectivity index (χ2v) is 1.11. The molecule has 0 radical (unpaired) electrons. The van der Waals surface area contributed by atoms with E-state index >= 15 is 0 Å². The smallest absolute Gasteiger partial charge is 0.121 e. The first-order valence-electron chi connectivity index (χ1n) is 1.89. The molecule has 38 valence electrons. The quantitative estimate of drug-likeness (QED) is 0.234. The molecule has 0 saturated heterocycles. The van der Waals surface area contributed by atoms with E-state index in [1.165, 1.54) is 0 Å². The Morgan fingerprint density at radius 3 is 3.00 bits per heavy atom. The van der Waals surface area contributed by atoms with Crippen LogP contribution in [0.15, 0.2) is 4.99 Å². The summed E-state index contributed by atoms with van der Waals surface area (Å²) in [5.74, 6) is 0. The zero-order valence-corrected chi connectivity index (χ0v) is 4.57. The second kappa shape index (κ2) is 5.47. The molecule has 0 aromatic carbocycles. The third-order valence-corrected chi connectivity index (χ3v) is 0.552. The lowest BCUT2D eigenvalue weighted by Crippen LogP contribution is -1.77. The molecule has 0 bridgehead atoms. The Morgan fingerprint density at radius 2 is 2.57 bits per heavy atom. The van der Waals surface area contributed by atoms with E-state index in [9.17, 15) is 4.79 Å². The van der Waals surface area contributed by atoms with E-state index in [2.05, 4.69) is 22.4 Å². The highest BCUT2D eigenvalue weighted by atomic mass is 32.1. The Morgan fingerprint density at radius 1 is 1.86 bits per heavy atom. The lowest BCUT2D eigenvalue weighted by molar-refractivity contribution is -0.107. The molecular weight excluding hydrogens is 110 g/mol. The summed E-state index contributed by atoms with van der Waals surface area (Å²) in [6.07, 6.45) is 1.25. The van der Waals surface area contributed by atoms with Gasteiger partial charge in [-0.2, -0.15) is 0 Å². The fraction of sp³-hybridized carbons (Fsp3) is 0.500. The molecule has 0 unspecified atom stereocenters. The molecule has 2 nitrogen and oxygen atoms in total. The molecular formula is C4H5NOS. The molecule has 0 aliphatic heterocycles. The number of nitrogens with zero attached hydrogens (tertiary/aromatic N) is 1. The highest BCUT2D eigenvalue weighted by molar-refractivity contribution is 7.78. The molecule has 0 aromatic heterocycles. The number of aldehydes is 1. The average molecular weight is 115 g/mol. The fourth-order valence-corrected chi connectivity index (χ4v) is 0.254. The molecule has 0 rings (SSSR count). The number of hydrogen-bond acceptors (Lipinski definition) is 3. The van der Waals surface area contributed by atoms with Crippen molar-refractivity contribution in [1.82, 2.24) is 0 Å². The van der Waals surface area contributed by atoms with Gasteiger partial charge in [0.2, 0.25) is 0 Å². The summed E-state index contributed by atoms with van der Waals surface area (Å²) in [5, 5.41) is 2.15. The summed E-state index contributed by atoms with van der Waals surface area (Å²) < 4.78 is 0. The molecule has 0 amide bonds. The summed E-state index contributed by atoms with van der Waals surface area (Å²) in [4.78, 5) is 13.1. The first kappa shape index (κ1) is 6.47. The minimum absolute atomic E-state index is 0.448. The third kappa shape index (κ3) is 5.47. The normalized spacial score (nSPS) is 6.86. The van der Waals surface area contributed by atoms with Crippen LogP contribution in [0.25, 0.3) is 0 Å². The van der Waals surface area contributed by atoms with Gasteiger partial charge in [-0.1, -0.05) is 0 Å². The first-order valence-corrected chi connectivity index (χ1v) is 2.30. The number of rotatable bonds is 3. The summed E-state index contributed by atoms with van der Waals surface area (Å²) in [6.45, 7) is 0.479. The number of aliphatic imine (C=N–C) groups is 1. The molecule has 0 spiro atoms. The minimum atomic E-state index is 0.448. The van der Waals surface area contributed by atoms with E-state index in [4.69, 9.17) is 0 Å². The van der Waals surface area contributed by atoms with Gasteiger partial charge in [0, 0.05) is 6.42 Å². The predicted molar refractivity (Wildman–Crippen MR) is 30.6 cm³/mol. The van der Waals surface area contributed by atoms with Crippen molar-refractivity contribution in [3.05, 3.63) is 0 Å². The van der Waals surface area contributed by atoms with Crippen LogP contribution in [-0.4, -0.2) is 18.0 Å². The highest BCUT2D eigenvalue weighted by Gasteiger charge is 1.73. The maximum Gasteiger partial charge on any atom is 0.121 e. The maximum atomic E-state index is 9.56. The summed E-state index contributed by atoms with van der Waals surface area (Å²) >= 11 is 4.23. The molecule has 0 aromatic rings. The van der Waals surface area contributed by atoms with Crippen LogP contribution in [-0.2, 0) is 4.79 Å². The number of carbonyl (C=O) groups is 1. The molecule has 0 saturated carbocycles. The van der Waals surface area contributed by atoms with Gasteiger partial charge in [0.15, 0.2) is 0 Å². The average Bonchev–Trinajstić information content (AvgIpc) is 1.69. The van der Waals surface area contributed by atoms with Crippen molar-refractivity contribution in [3.8, 4) is 0 Å². The van der Waals surface area contributed by atoms with E-state index in [0.29, 0.717) is 13.0 Å². The molecule has 3 heteroatoms. The first-order chi connectivity index (χ1) is 3.41. The van der Waals surface area contributed by atoms with E-state index < -0.39 is 0 Å². The fourth-order valence-electron chi connectivity index (χ4n) is 0.163. The number of isothiocyanates is 1. The number of thiocarbonyl (C=S) groups is 1. The highest BCUT2D eigenvalue weighted by Crippen LogP contribution is 1.69. The second-order valence-electron chi connectivity index (χ2n) is 0.928. The lowest BCUT2D eigenvalue weighted by atomic mass is 10.5. The van der Waals surface area contributed by atoms with Crippen LogP contribution >= 0.6 is 12.2 Å². The SMILES string of the molecule is O=CCCN=C=S. The van der Waals surface area contributed by atoms with Gasteiger partial charge in [0.1, 0.15) is 6.29 Å². The monoisotopic (exact) mass is 115 g/mol. The zero-order chi connectivity index (χ0) is 5.54. The lowest BCUT2D eigenvalue weighted by Gasteiger charge is -1.73. The molecule has 0 fully saturated rings. The van der Waals surface area contributed by atoms with Gasteiger partial charge in [0.25, 0.3) is 0 Å². The van der Waals surface area contributed by atoms with Gasteiger partial charge in [-0.15, -0.1) is 0 Å². The topological polar surface area (TPSA) is 29.4 Å². The molecule has 0 aliphatic rings. The maximum absolute atomic E-state index is 9.56. The molecule has 0 N–H and O–H groups in total. The van der Waals surface area contributed by atoms with Crippen LogP contribution in [0.3, 0.4) is 0 Å². The van der Waals surface area contributed by atoms with Crippen LogP contribution < -0.4 is 0 Å². The van der Waals surface area contributed by atoms with Gasteiger partial charge in [0.05, 0.1) is 11.7 Å². The van der Waals surface area contributed by atoms with Crippen molar-refractivity contribution < 1.29 is 4.79 Å². The largest absolute Gasteiger partial charge is 0.303 e. The van der Waals surface area contributed by atoms with Crippen molar-refractivity contribution >= 4 is 23.7 Å². The Bertz CT molecular complexity index is 95.9. The predicted octanol–water partition coefficient (Wildman–Crippen LogP) is 0.678. The van der Waals surface area contributed by atoms with Crippen molar-refractivity contribution in [1.29, 1.82) is 0 Å². The molecule has 0 aliphatic carbocycles. The summed E-state index contributed by atoms with van der Waals surface area (Å²) in [7, 11) is 0. The zero-order valence-electron chi connectivity index (χ0n) is 3.76. The van der Waals surface area contributed by atoms with Gasteiger partial charge >= 0.3 is 0 Å². The molecule has 0 heterocycles. The van der Waals surface area contributed by atoms with Crippen molar-refractivity contribution in [2.75, 3.05) is 6.54 Å². The summed E-state index contributed by atoms with van der Waals surface area (Å²) in [5.41, 5.74) is 0.